The minimum absolute atomic E-state index is 0.0365. The van der Waals surface area contributed by atoms with E-state index < -0.39 is 5.97 Å². The number of likely N-dealkylation sites (tertiary alicyclic amines) is 1. The molecule has 5 rings (SSSR count). The predicted molar refractivity (Wildman–Crippen MR) is 132 cm³/mol. The van der Waals surface area contributed by atoms with Crippen LogP contribution in [-0.4, -0.2) is 68.2 Å². The zero-order valence-electron chi connectivity index (χ0n) is 20.5. The highest BCUT2D eigenvalue weighted by atomic mass is 16.7. The molecule has 2 atom stereocenters. The maximum absolute atomic E-state index is 13.4. The van der Waals surface area contributed by atoms with Crippen molar-refractivity contribution in [1.29, 1.82) is 0 Å². The topological polar surface area (TPSA) is 107 Å². The van der Waals surface area contributed by atoms with Crippen molar-refractivity contribution in [2.24, 2.45) is 16.8 Å². The van der Waals surface area contributed by atoms with Crippen molar-refractivity contribution in [3.8, 4) is 23.0 Å². The number of rotatable bonds is 7. The summed E-state index contributed by atoms with van der Waals surface area (Å²) in [7, 11) is 3.22. The van der Waals surface area contributed by atoms with Gasteiger partial charge in [-0.15, -0.1) is 0 Å². The molecular formula is C27H30N2O7. The fraction of sp³-hybridized carbons (Fsp3) is 0.444. The number of nitrogens with zero attached hydrogens (tertiary/aromatic N) is 2. The quantitative estimate of drug-likeness (QED) is 0.629. The van der Waals surface area contributed by atoms with Crippen LogP contribution in [0.25, 0.3) is 0 Å². The molecule has 0 aromatic heterocycles. The Balaban J connectivity index is 1.39. The molecule has 1 N–H and O–H groups in total. The zero-order chi connectivity index (χ0) is 25.2. The van der Waals surface area contributed by atoms with Gasteiger partial charge in [0, 0.05) is 42.9 Å². The van der Waals surface area contributed by atoms with E-state index in [1.807, 2.05) is 17.0 Å². The van der Waals surface area contributed by atoms with E-state index in [0.29, 0.717) is 61.0 Å². The Morgan fingerprint density at radius 1 is 1.08 bits per heavy atom. The molecule has 2 aromatic carbocycles. The SMILES string of the molecule is COc1cc2c(cc1OC)C(CC1CN(C(=O)c3ccc4c(c3)OCO4)CCC1CC(=O)O)=NCC2. The predicted octanol–water partition coefficient (Wildman–Crippen LogP) is 3.42. The maximum Gasteiger partial charge on any atom is 0.303 e. The van der Waals surface area contributed by atoms with Gasteiger partial charge < -0.3 is 29.0 Å². The number of carboxylic acid groups (broad SMARTS) is 1. The summed E-state index contributed by atoms with van der Waals surface area (Å²) in [6.45, 7) is 1.78. The molecule has 3 aliphatic heterocycles. The van der Waals surface area contributed by atoms with Crippen molar-refractivity contribution in [1.82, 2.24) is 4.90 Å². The van der Waals surface area contributed by atoms with Crippen molar-refractivity contribution < 1.29 is 33.6 Å². The van der Waals surface area contributed by atoms with Crippen molar-refractivity contribution in [3.63, 3.8) is 0 Å². The molecule has 2 aromatic rings. The Morgan fingerprint density at radius 2 is 1.86 bits per heavy atom. The number of carboxylic acids is 1. The van der Waals surface area contributed by atoms with E-state index >= 15 is 0 Å². The van der Waals surface area contributed by atoms with Crippen LogP contribution >= 0.6 is 0 Å². The highest BCUT2D eigenvalue weighted by Crippen LogP contribution is 2.37. The first-order chi connectivity index (χ1) is 17.5. The largest absolute Gasteiger partial charge is 0.493 e. The summed E-state index contributed by atoms with van der Waals surface area (Å²) in [6, 6.07) is 9.16. The lowest BCUT2D eigenvalue weighted by molar-refractivity contribution is -0.138. The lowest BCUT2D eigenvalue weighted by atomic mass is 9.78. The van der Waals surface area contributed by atoms with Crippen molar-refractivity contribution in [2.45, 2.75) is 25.7 Å². The number of benzene rings is 2. The van der Waals surface area contributed by atoms with E-state index in [4.69, 9.17) is 23.9 Å². The molecule has 190 valence electrons. The van der Waals surface area contributed by atoms with E-state index in [2.05, 4.69) is 0 Å². The zero-order valence-corrected chi connectivity index (χ0v) is 20.5. The third-order valence-corrected chi connectivity index (χ3v) is 7.29. The van der Waals surface area contributed by atoms with Gasteiger partial charge in [-0.3, -0.25) is 14.6 Å². The summed E-state index contributed by atoms with van der Waals surface area (Å²) >= 11 is 0. The van der Waals surface area contributed by atoms with Crippen LogP contribution in [-0.2, 0) is 11.2 Å². The number of hydrogen-bond acceptors (Lipinski definition) is 7. The number of methoxy groups -OCH3 is 2. The van der Waals surface area contributed by atoms with E-state index in [9.17, 15) is 14.7 Å². The van der Waals surface area contributed by atoms with Crippen LogP contribution in [0.15, 0.2) is 35.3 Å². The first kappa shape index (κ1) is 24.0. The molecule has 0 bridgehead atoms. The van der Waals surface area contributed by atoms with E-state index in [1.54, 1.807) is 32.4 Å². The van der Waals surface area contributed by atoms with E-state index in [-0.39, 0.29) is 31.0 Å². The molecule has 3 aliphatic rings. The first-order valence-electron chi connectivity index (χ1n) is 12.2. The fourth-order valence-corrected chi connectivity index (χ4v) is 5.42. The number of ether oxygens (including phenoxy) is 4. The van der Waals surface area contributed by atoms with Gasteiger partial charge in [-0.2, -0.15) is 0 Å². The summed E-state index contributed by atoms with van der Waals surface area (Å²) < 4.78 is 21.8. The molecule has 0 radical (unpaired) electrons. The Bertz CT molecular complexity index is 1210. The van der Waals surface area contributed by atoms with Gasteiger partial charge >= 0.3 is 5.97 Å². The van der Waals surface area contributed by atoms with Gasteiger partial charge in [-0.25, -0.2) is 0 Å². The van der Waals surface area contributed by atoms with Crippen LogP contribution in [0, 0.1) is 11.8 Å². The van der Waals surface area contributed by atoms with Crippen LogP contribution in [0.5, 0.6) is 23.0 Å². The summed E-state index contributed by atoms with van der Waals surface area (Å²) in [5, 5.41) is 9.55. The molecular weight excluding hydrogens is 464 g/mol. The van der Waals surface area contributed by atoms with Crippen molar-refractivity contribution in [2.75, 3.05) is 40.6 Å². The number of carbonyl (C=O) groups is 2. The Labute approximate surface area is 209 Å². The molecule has 1 saturated heterocycles. The highest BCUT2D eigenvalue weighted by molar-refractivity contribution is 6.03. The third kappa shape index (κ3) is 4.69. The van der Waals surface area contributed by atoms with Crippen LogP contribution < -0.4 is 18.9 Å². The summed E-state index contributed by atoms with van der Waals surface area (Å²) in [4.78, 5) is 31.6. The second-order valence-electron chi connectivity index (χ2n) is 9.37. The van der Waals surface area contributed by atoms with Crippen LogP contribution in [0.1, 0.15) is 40.7 Å². The molecule has 36 heavy (non-hydrogen) atoms. The van der Waals surface area contributed by atoms with Gasteiger partial charge in [0.2, 0.25) is 6.79 Å². The Kier molecular flexibility index (Phi) is 6.71. The monoisotopic (exact) mass is 494 g/mol. The van der Waals surface area contributed by atoms with Gasteiger partial charge in [0.1, 0.15) is 0 Å². The minimum Gasteiger partial charge on any atom is -0.493 e. The van der Waals surface area contributed by atoms with E-state index in [0.717, 1.165) is 23.3 Å². The number of piperidine rings is 1. The number of aliphatic carboxylic acids is 1. The summed E-state index contributed by atoms with van der Waals surface area (Å²) in [6.07, 6.45) is 2.09. The summed E-state index contributed by atoms with van der Waals surface area (Å²) in [5.74, 6) is 1.52. The molecule has 0 spiro atoms. The lowest BCUT2D eigenvalue weighted by Crippen LogP contribution is -2.45. The fourth-order valence-electron chi connectivity index (χ4n) is 5.42. The smallest absolute Gasteiger partial charge is 0.303 e. The molecule has 9 heteroatoms. The van der Waals surface area contributed by atoms with Crippen LogP contribution in [0.2, 0.25) is 0 Å². The number of amides is 1. The lowest BCUT2D eigenvalue weighted by Gasteiger charge is -2.39. The van der Waals surface area contributed by atoms with Crippen LogP contribution in [0.4, 0.5) is 0 Å². The molecule has 1 amide bonds. The van der Waals surface area contributed by atoms with Gasteiger partial charge in [0.05, 0.1) is 14.2 Å². The Morgan fingerprint density at radius 3 is 2.64 bits per heavy atom. The van der Waals surface area contributed by atoms with Crippen molar-refractivity contribution >= 4 is 17.6 Å². The molecule has 9 nitrogen and oxygen atoms in total. The molecule has 0 aliphatic carbocycles. The molecule has 3 heterocycles. The average Bonchev–Trinajstić information content (AvgIpc) is 3.36. The number of carbonyl (C=O) groups excluding carboxylic acids is 1. The molecule has 2 unspecified atom stereocenters. The minimum atomic E-state index is -0.821. The maximum atomic E-state index is 13.4. The van der Waals surface area contributed by atoms with E-state index in [1.165, 1.54) is 0 Å². The first-order valence-corrected chi connectivity index (χ1v) is 12.2. The molecule has 0 saturated carbocycles. The number of aliphatic imine (C=N–C) groups is 1. The Hall–Kier alpha value is -3.75. The second-order valence-corrected chi connectivity index (χ2v) is 9.37. The third-order valence-electron chi connectivity index (χ3n) is 7.29. The molecule has 1 fully saturated rings. The number of fused-ring (bicyclic) bond motifs is 2. The highest BCUT2D eigenvalue weighted by Gasteiger charge is 2.35. The number of hydrogen-bond donors (Lipinski definition) is 1. The average molecular weight is 495 g/mol. The van der Waals surface area contributed by atoms with Gasteiger partial charge in [0.25, 0.3) is 5.91 Å². The van der Waals surface area contributed by atoms with Gasteiger partial charge in [0.15, 0.2) is 23.0 Å². The van der Waals surface area contributed by atoms with Crippen LogP contribution in [0.3, 0.4) is 0 Å². The van der Waals surface area contributed by atoms with Gasteiger partial charge in [-0.05, 0) is 67.0 Å². The van der Waals surface area contributed by atoms with Gasteiger partial charge in [-0.1, -0.05) is 0 Å². The normalized spacial score (nSPS) is 20.4. The standard InChI is InChI=1S/C27H30N2O7/c1-33-23-10-17-5-7-28-21(20(17)13-24(23)34-2)9-19-14-29(8-6-16(19)12-26(30)31)27(32)18-3-4-22-25(11-18)36-15-35-22/h3-4,10-11,13,16,19H,5-9,12,14-15H2,1-2H3,(H,30,31). The summed E-state index contributed by atoms with van der Waals surface area (Å²) in [5.41, 5.74) is 3.60. The second kappa shape index (κ2) is 10.1. The van der Waals surface area contributed by atoms with Crippen molar-refractivity contribution in [3.05, 3.63) is 47.0 Å².